The number of ether oxygens (including phenoxy) is 2. The van der Waals surface area contributed by atoms with E-state index in [-0.39, 0.29) is 17.5 Å². The average molecular weight is 501 g/mol. The maximum Gasteiger partial charge on any atom is 0.410 e. The predicted molar refractivity (Wildman–Crippen MR) is 145 cm³/mol. The summed E-state index contributed by atoms with van der Waals surface area (Å²) in [6.45, 7) is 10.5. The zero-order valence-corrected chi connectivity index (χ0v) is 22.4. The van der Waals surface area contributed by atoms with Crippen molar-refractivity contribution in [3.8, 4) is 5.75 Å². The molecule has 6 heteroatoms. The number of benzene rings is 3. The first kappa shape index (κ1) is 25.1. The van der Waals surface area contributed by atoms with E-state index < -0.39 is 11.1 Å². The van der Waals surface area contributed by atoms with E-state index >= 15 is 0 Å². The lowest BCUT2D eigenvalue weighted by molar-refractivity contribution is -0.0533. The average Bonchev–Trinajstić information content (AvgIpc) is 3.61. The Bertz CT molecular complexity index is 1350. The van der Waals surface area contributed by atoms with Gasteiger partial charge in [-0.05, 0) is 87.9 Å². The highest BCUT2D eigenvalue weighted by Gasteiger charge is 2.47. The molecule has 2 amide bonds. The van der Waals surface area contributed by atoms with Gasteiger partial charge in [0.05, 0.1) is 11.1 Å². The molecule has 1 unspecified atom stereocenters. The third-order valence-electron chi connectivity index (χ3n) is 7.55. The van der Waals surface area contributed by atoms with E-state index in [1.54, 1.807) is 4.90 Å². The van der Waals surface area contributed by atoms with E-state index in [0.29, 0.717) is 24.5 Å². The topological polar surface area (TPSA) is 67.9 Å². The number of hydrogen-bond acceptors (Lipinski definition) is 4. The summed E-state index contributed by atoms with van der Waals surface area (Å²) >= 11 is 0. The van der Waals surface area contributed by atoms with Crippen molar-refractivity contribution < 1.29 is 19.1 Å². The normalized spacial score (nSPS) is 20.2. The highest BCUT2D eigenvalue weighted by atomic mass is 16.6. The Morgan fingerprint density at radius 1 is 1.00 bits per heavy atom. The maximum atomic E-state index is 13.5. The quantitative estimate of drug-likeness (QED) is 0.429. The van der Waals surface area contributed by atoms with Gasteiger partial charge in [-0.3, -0.25) is 9.69 Å². The molecule has 1 atom stereocenters. The van der Waals surface area contributed by atoms with Crippen molar-refractivity contribution >= 4 is 22.8 Å². The molecule has 1 saturated carbocycles. The van der Waals surface area contributed by atoms with Crippen molar-refractivity contribution in [2.24, 2.45) is 0 Å². The summed E-state index contributed by atoms with van der Waals surface area (Å²) in [6.07, 6.45) is 2.35. The molecule has 0 aromatic heterocycles. The Labute approximate surface area is 218 Å². The van der Waals surface area contributed by atoms with Crippen molar-refractivity contribution in [1.29, 1.82) is 0 Å². The molecule has 194 valence electrons. The molecule has 1 heterocycles. The highest BCUT2D eigenvalue weighted by Crippen LogP contribution is 2.48. The van der Waals surface area contributed by atoms with Crippen LogP contribution in [0.2, 0.25) is 0 Å². The Kier molecular flexibility index (Phi) is 6.17. The molecule has 2 fully saturated rings. The second kappa shape index (κ2) is 9.09. The van der Waals surface area contributed by atoms with Crippen molar-refractivity contribution in [2.45, 2.75) is 70.6 Å². The molecule has 0 spiro atoms. The SMILES string of the molecule is Cc1ccc(OCC2(C)CCN2C(=O)OC(C)(C)C)cc1C(=O)NC1(c2cccc3ccccc23)CC1. The summed E-state index contributed by atoms with van der Waals surface area (Å²) < 4.78 is 11.7. The van der Waals surface area contributed by atoms with Gasteiger partial charge in [-0.2, -0.15) is 0 Å². The largest absolute Gasteiger partial charge is 0.491 e. The lowest BCUT2D eigenvalue weighted by Crippen LogP contribution is -2.63. The minimum atomic E-state index is -0.543. The molecule has 6 nitrogen and oxygen atoms in total. The number of carbonyl (C=O) groups is 2. The van der Waals surface area contributed by atoms with E-state index in [4.69, 9.17) is 9.47 Å². The van der Waals surface area contributed by atoms with Crippen LogP contribution in [-0.2, 0) is 10.3 Å². The van der Waals surface area contributed by atoms with Crippen LogP contribution in [0, 0.1) is 6.92 Å². The molecular formula is C31H36N2O4. The van der Waals surface area contributed by atoms with E-state index in [1.807, 2.05) is 65.0 Å². The van der Waals surface area contributed by atoms with Crippen molar-refractivity contribution in [1.82, 2.24) is 10.2 Å². The number of hydrogen-bond donors (Lipinski definition) is 1. The second-order valence-corrected chi connectivity index (χ2v) is 11.7. The van der Waals surface area contributed by atoms with Gasteiger partial charge in [0.25, 0.3) is 5.91 Å². The molecule has 0 bridgehead atoms. The number of amides is 2. The van der Waals surface area contributed by atoms with Crippen LogP contribution in [0.15, 0.2) is 60.7 Å². The van der Waals surface area contributed by atoms with E-state index in [1.165, 1.54) is 16.3 Å². The van der Waals surface area contributed by atoms with E-state index in [9.17, 15) is 9.59 Å². The van der Waals surface area contributed by atoms with E-state index in [2.05, 4.69) is 35.6 Å². The first-order valence-electron chi connectivity index (χ1n) is 13.0. The number of aryl methyl sites for hydroxylation is 1. The highest BCUT2D eigenvalue weighted by molar-refractivity contribution is 5.97. The van der Waals surface area contributed by atoms with Crippen LogP contribution < -0.4 is 10.1 Å². The van der Waals surface area contributed by atoms with E-state index in [0.717, 1.165) is 24.8 Å². The van der Waals surface area contributed by atoms with Crippen LogP contribution in [0.3, 0.4) is 0 Å². The van der Waals surface area contributed by atoms with Gasteiger partial charge in [0.2, 0.25) is 0 Å². The third-order valence-corrected chi connectivity index (χ3v) is 7.55. The minimum absolute atomic E-state index is 0.0985. The number of fused-ring (bicyclic) bond motifs is 1. The van der Waals surface area contributed by atoms with Crippen LogP contribution in [0.5, 0.6) is 5.75 Å². The smallest absolute Gasteiger partial charge is 0.410 e. The van der Waals surface area contributed by atoms with Gasteiger partial charge in [0.1, 0.15) is 18.0 Å². The number of carbonyl (C=O) groups excluding carboxylic acids is 2. The fraction of sp³-hybridized carbons (Fsp3) is 0.419. The fourth-order valence-electron chi connectivity index (χ4n) is 5.07. The summed E-state index contributed by atoms with van der Waals surface area (Å²) in [5, 5.41) is 5.69. The second-order valence-electron chi connectivity index (χ2n) is 11.7. The number of nitrogens with zero attached hydrogens (tertiary/aromatic N) is 1. The van der Waals surface area contributed by atoms with Crippen molar-refractivity contribution in [3.63, 3.8) is 0 Å². The molecular weight excluding hydrogens is 464 g/mol. The molecule has 37 heavy (non-hydrogen) atoms. The van der Waals surface area contributed by atoms with Gasteiger partial charge >= 0.3 is 6.09 Å². The number of nitrogens with one attached hydrogen (secondary N) is 1. The molecule has 3 aromatic carbocycles. The van der Waals surface area contributed by atoms with Gasteiger partial charge < -0.3 is 14.8 Å². The lowest BCUT2D eigenvalue weighted by Gasteiger charge is -2.49. The van der Waals surface area contributed by atoms with Gasteiger partial charge in [0.15, 0.2) is 0 Å². The molecule has 1 aliphatic carbocycles. The third kappa shape index (κ3) is 5.02. The Balaban J connectivity index is 1.29. The van der Waals surface area contributed by atoms with Gasteiger partial charge in [-0.1, -0.05) is 48.5 Å². The first-order chi connectivity index (χ1) is 17.5. The molecule has 1 N–H and O–H groups in total. The maximum absolute atomic E-state index is 13.5. The van der Waals surface area contributed by atoms with Crippen LogP contribution in [0.1, 0.15) is 68.4 Å². The molecule has 1 aliphatic heterocycles. The molecule has 2 aliphatic rings. The minimum Gasteiger partial charge on any atom is -0.491 e. The van der Waals surface area contributed by atoms with Gasteiger partial charge in [0, 0.05) is 12.1 Å². The summed E-state index contributed by atoms with van der Waals surface area (Å²) in [5.41, 5.74) is 1.34. The van der Waals surface area contributed by atoms with Crippen LogP contribution >= 0.6 is 0 Å². The zero-order chi connectivity index (χ0) is 26.4. The predicted octanol–water partition coefficient (Wildman–Crippen LogP) is 6.35. The van der Waals surface area contributed by atoms with Crippen LogP contribution in [0.4, 0.5) is 4.79 Å². The number of rotatable bonds is 6. The van der Waals surface area contributed by atoms with Crippen molar-refractivity contribution in [3.05, 3.63) is 77.4 Å². The van der Waals surface area contributed by atoms with Crippen LogP contribution in [0.25, 0.3) is 10.8 Å². The first-order valence-corrected chi connectivity index (χ1v) is 13.0. The summed E-state index contributed by atoms with van der Waals surface area (Å²) in [7, 11) is 0. The number of likely N-dealkylation sites (tertiary alicyclic amines) is 1. The zero-order valence-electron chi connectivity index (χ0n) is 22.4. The Morgan fingerprint density at radius 3 is 2.41 bits per heavy atom. The summed E-state index contributed by atoms with van der Waals surface area (Å²) in [5.74, 6) is 0.515. The molecule has 1 saturated heterocycles. The molecule has 5 rings (SSSR count). The standard InChI is InChI=1S/C31H36N2O4/c1-21-13-14-23(36-20-30(5)17-18-33(30)28(35)37-29(2,3)4)19-25(21)27(34)32-31(15-16-31)26-12-8-10-22-9-6-7-11-24(22)26/h6-14,19H,15-18,20H2,1-5H3,(H,32,34). The molecule has 3 aromatic rings. The fourth-order valence-corrected chi connectivity index (χ4v) is 5.07. The summed E-state index contributed by atoms with van der Waals surface area (Å²) in [4.78, 5) is 27.8. The monoisotopic (exact) mass is 500 g/mol. The van der Waals surface area contributed by atoms with Crippen LogP contribution in [-0.4, -0.2) is 41.2 Å². The Hall–Kier alpha value is -3.54. The Morgan fingerprint density at radius 2 is 1.73 bits per heavy atom. The summed E-state index contributed by atoms with van der Waals surface area (Å²) in [6, 6.07) is 20.2. The molecule has 0 radical (unpaired) electrons. The lowest BCUT2D eigenvalue weighted by atomic mass is 9.88. The van der Waals surface area contributed by atoms with Gasteiger partial charge in [-0.25, -0.2) is 4.79 Å². The van der Waals surface area contributed by atoms with Crippen molar-refractivity contribution in [2.75, 3.05) is 13.2 Å². The van der Waals surface area contributed by atoms with Gasteiger partial charge in [-0.15, -0.1) is 0 Å².